The summed E-state index contributed by atoms with van der Waals surface area (Å²) in [4.78, 5) is 15.4. The number of carbonyl (C=O) groups is 1. The number of aromatic nitrogens is 1. The second-order valence-corrected chi connectivity index (χ2v) is 9.18. The molecule has 0 bridgehead atoms. The summed E-state index contributed by atoms with van der Waals surface area (Å²) in [5.41, 5.74) is 5.53. The minimum atomic E-state index is -0.0723. The Bertz CT molecular complexity index is 1340. The molecule has 1 saturated heterocycles. The Morgan fingerprint density at radius 2 is 1.65 bits per heavy atom. The summed E-state index contributed by atoms with van der Waals surface area (Å²) >= 11 is 6.87. The highest BCUT2D eigenvalue weighted by Crippen LogP contribution is 2.37. The van der Waals surface area contributed by atoms with Gasteiger partial charge in [0.05, 0.1) is 10.6 Å². The predicted octanol–water partition coefficient (Wildman–Crippen LogP) is 6.40. The fraction of sp³-hybridized carbons (Fsp3) is 0.0769. The third-order valence-electron chi connectivity index (χ3n) is 5.52. The SMILES string of the molecule is Cc1ccccc1Cn1cc(/C=C2\SC(=S)N(c3ccccc3)C2=O)c2ccccc21. The molecule has 0 radical (unpaired) electrons. The van der Waals surface area contributed by atoms with Crippen molar-refractivity contribution in [2.45, 2.75) is 13.5 Å². The standard InChI is InChI=1S/C26H20N2OS2/c1-18-9-5-6-10-19(18)16-27-17-20(22-13-7-8-14-23(22)27)15-24-25(29)28(26(30)31-24)21-11-3-2-4-12-21/h2-15,17H,16H2,1H3/b24-15-. The molecule has 152 valence electrons. The second kappa shape index (κ2) is 8.17. The van der Waals surface area contributed by atoms with Crippen LogP contribution in [0.15, 0.2) is 90.0 Å². The molecular formula is C26H20N2OS2. The zero-order valence-corrected chi connectivity index (χ0v) is 18.6. The second-order valence-electron chi connectivity index (χ2n) is 7.51. The van der Waals surface area contributed by atoms with Gasteiger partial charge >= 0.3 is 0 Å². The quantitative estimate of drug-likeness (QED) is 0.271. The Hall–Kier alpha value is -3.15. The lowest BCUT2D eigenvalue weighted by Gasteiger charge is -2.13. The van der Waals surface area contributed by atoms with Gasteiger partial charge in [0.2, 0.25) is 0 Å². The zero-order valence-electron chi connectivity index (χ0n) is 17.0. The highest BCUT2D eigenvalue weighted by atomic mass is 32.2. The van der Waals surface area contributed by atoms with Crippen molar-refractivity contribution in [2.24, 2.45) is 0 Å². The normalized spacial score (nSPS) is 15.4. The third kappa shape index (κ3) is 3.71. The number of thioether (sulfide) groups is 1. The van der Waals surface area contributed by atoms with Crippen LogP contribution >= 0.6 is 24.0 Å². The van der Waals surface area contributed by atoms with Crippen molar-refractivity contribution in [3.8, 4) is 0 Å². The molecule has 5 rings (SSSR count). The van der Waals surface area contributed by atoms with E-state index in [0.29, 0.717) is 9.23 Å². The van der Waals surface area contributed by atoms with Gasteiger partial charge in [-0.2, -0.15) is 0 Å². The Morgan fingerprint density at radius 3 is 2.45 bits per heavy atom. The van der Waals surface area contributed by atoms with Crippen molar-refractivity contribution in [2.75, 3.05) is 4.90 Å². The summed E-state index contributed by atoms with van der Waals surface area (Å²) in [7, 11) is 0. The minimum Gasteiger partial charge on any atom is -0.342 e. The summed E-state index contributed by atoms with van der Waals surface area (Å²) in [6.45, 7) is 2.92. The van der Waals surface area contributed by atoms with Crippen LogP contribution in [0.1, 0.15) is 16.7 Å². The van der Waals surface area contributed by atoms with Crippen LogP contribution in [-0.2, 0) is 11.3 Å². The van der Waals surface area contributed by atoms with E-state index in [4.69, 9.17) is 12.2 Å². The van der Waals surface area contributed by atoms with Crippen molar-refractivity contribution < 1.29 is 4.79 Å². The largest absolute Gasteiger partial charge is 0.342 e. The monoisotopic (exact) mass is 440 g/mol. The molecule has 0 unspecified atom stereocenters. The van der Waals surface area contributed by atoms with Crippen molar-refractivity contribution >= 4 is 56.9 Å². The Kier molecular flexibility index (Phi) is 5.22. The first-order chi connectivity index (χ1) is 15.1. The van der Waals surface area contributed by atoms with Gasteiger partial charge in [-0.3, -0.25) is 9.69 Å². The molecule has 31 heavy (non-hydrogen) atoms. The zero-order chi connectivity index (χ0) is 21.4. The van der Waals surface area contributed by atoms with E-state index in [1.54, 1.807) is 4.90 Å². The van der Waals surface area contributed by atoms with Crippen LogP contribution in [0.2, 0.25) is 0 Å². The van der Waals surface area contributed by atoms with E-state index in [9.17, 15) is 4.79 Å². The number of carbonyl (C=O) groups excluding carboxylic acids is 1. The van der Waals surface area contributed by atoms with Crippen molar-refractivity contribution in [3.63, 3.8) is 0 Å². The van der Waals surface area contributed by atoms with Gasteiger partial charge < -0.3 is 4.57 Å². The van der Waals surface area contributed by atoms with Gasteiger partial charge in [-0.1, -0.05) is 84.6 Å². The predicted molar refractivity (Wildman–Crippen MR) is 134 cm³/mol. The number of thiocarbonyl (C=S) groups is 1. The van der Waals surface area contributed by atoms with E-state index in [-0.39, 0.29) is 5.91 Å². The topological polar surface area (TPSA) is 25.2 Å². The first-order valence-electron chi connectivity index (χ1n) is 10.1. The summed E-state index contributed by atoms with van der Waals surface area (Å²) in [5, 5.41) is 1.13. The number of anilines is 1. The highest BCUT2D eigenvalue weighted by Gasteiger charge is 2.33. The van der Waals surface area contributed by atoms with Crippen molar-refractivity contribution in [1.29, 1.82) is 0 Å². The lowest BCUT2D eigenvalue weighted by atomic mass is 10.1. The number of hydrogen-bond donors (Lipinski definition) is 0. The van der Waals surface area contributed by atoms with Gasteiger partial charge in [-0.25, -0.2) is 0 Å². The van der Waals surface area contributed by atoms with Crippen LogP contribution in [-0.4, -0.2) is 14.8 Å². The number of para-hydroxylation sites is 2. The van der Waals surface area contributed by atoms with Gasteiger partial charge in [0.15, 0.2) is 4.32 Å². The molecular weight excluding hydrogens is 420 g/mol. The van der Waals surface area contributed by atoms with Crippen LogP contribution in [0, 0.1) is 6.92 Å². The Labute approximate surface area is 191 Å². The average molecular weight is 441 g/mol. The van der Waals surface area contributed by atoms with Crippen LogP contribution in [0.5, 0.6) is 0 Å². The highest BCUT2D eigenvalue weighted by molar-refractivity contribution is 8.27. The lowest BCUT2D eigenvalue weighted by molar-refractivity contribution is -0.113. The molecule has 0 spiro atoms. The molecule has 3 aromatic carbocycles. The third-order valence-corrected chi connectivity index (χ3v) is 6.82. The van der Waals surface area contributed by atoms with Crippen LogP contribution in [0.25, 0.3) is 17.0 Å². The van der Waals surface area contributed by atoms with Gasteiger partial charge in [-0.05, 0) is 42.3 Å². The number of aryl methyl sites for hydroxylation is 1. The molecule has 5 heteroatoms. The fourth-order valence-corrected chi connectivity index (χ4v) is 5.19. The van der Waals surface area contributed by atoms with E-state index < -0.39 is 0 Å². The number of benzene rings is 3. The first-order valence-corrected chi connectivity index (χ1v) is 11.3. The molecule has 4 aromatic rings. The average Bonchev–Trinajstić information content (AvgIpc) is 3.27. The minimum absolute atomic E-state index is 0.0723. The van der Waals surface area contributed by atoms with Crippen molar-refractivity contribution in [3.05, 3.63) is 107 Å². The van der Waals surface area contributed by atoms with E-state index in [0.717, 1.165) is 28.7 Å². The van der Waals surface area contributed by atoms with E-state index >= 15 is 0 Å². The van der Waals surface area contributed by atoms with E-state index in [1.807, 2.05) is 42.5 Å². The Morgan fingerprint density at radius 1 is 0.935 bits per heavy atom. The number of rotatable bonds is 4. The molecule has 3 nitrogen and oxygen atoms in total. The molecule has 0 aliphatic carbocycles. The van der Waals surface area contributed by atoms with Gasteiger partial charge in [0, 0.05) is 29.2 Å². The van der Waals surface area contributed by atoms with Gasteiger partial charge in [0.25, 0.3) is 5.91 Å². The van der Waals surface area contributed by atoms with Crippen LogP contribution < -0.4 is 4.90 Å². The molecule has 1 aliphatic rings. The fourth-order valence-electron chi connectivity index (χ4n) is 3.90. The van der Waals surface area contributed by atoms with E-state index in [2.05, 4.69) is 60.2 Å². The molecule has 1 amide bonds. The Balaban J connectivity index is 1.54. The number of amides is 1. The molecule has 0 N–H and O–H groups in total. The van der Waals surface area contributed by atoms with Crippen LogP contribution in [0.3, 0.4) is 0 Å². The summed E-state index contributed by atoms with van der Waals surface area (Å²) < 4.78 is 2.81. The van der Waals surface area contributed by atoms with Crippen LogP contribution in [0.4, 0.5) is 5.69 Å². The molecule has 2 heterocycles. The number of fused-ring (bicyclic) bond motifs is 1. The number of nitrogens with zero attached hydrogens (tertiary/aromatic N) is 2. The maximum Gasteiger partial charge on any atom is 0.270 e. The summed E-state index contributed by atoms with van der Waals surface area (Å²) in [5.74, 6) is -0.0723. The summed E-state index contributed by atoms with van der Waals surface area (Å²) in [6, 6.07) is 26.3. The molecule has 1 aliphatic heterocycles. The molecule has 1 fully saturated rings. The first kappa shape index (κ1) is 19.8. The van der Waals surface area contributed by atoms with Crippen molar-refractivity contribution in [1.82, 2.24) is 4.57 Å². The molecule has 1 aromatic heterocycles. The maximum atomic E-state index is 13.1. The van der Waals surface area contributed by atoms with Gasteiger partial charge in [-0.15, -0.1) is 0 Å². The summed E-state index contributed by atoms with van der Waals surface area (Å²) in [6.07, 6.45) is 4.10. The smallest absolute Gasteiger partial charge is 0.270 e. The maximum absolute atomic E-state index is 13.1. The lowest BCUT2D eigenvalue weighted by Crippen LogP contribution is -2.27. The van der Waals surface area contributed by atoms with E-state index in [1.165, 1.54) is 22.9 Å². The molecule has 0 atom stereocenters. The van der Waals surface area contributed by atoms with Gasteiger partial charge in [0.1, 0.15) is 0 Å². The number of hydrogen-bond acceptors (Lipinski definition) is 3. The molecule has 0 saturated carbocycles.